The molecular weight excluding hydrogens is 246 g/mol. The average Bonchev–Trinajstić information content (AvgIpc) is 2.47. The first kappa shape index (κ1) is 14.8. The molecule has 0 spiro atoms. The maximum Gasteiger partial charge on any atom is 0.148 e. The van der Waals surface area contributed by atoms with Gasteiger partial charge in [0.25, 0.3) is 0 Å². The summed E-state index contributed by atoms with van der Waals surface area (Å²) in [5, 5.41) is 3.49. The Morgan fingerprint density at radius 3 is 2.45 bits per heavy atom. The van der Waals surface area contributed by atoms with E-state index in [1.807, 2.05) is 31.2 Å². The highest BCUT2D eigenvalue weighted by Crippen LogP contribution is 2.18. The van der Waals surface area contributed by atoms with Gasteiger partial charge in [-0.05, 0) is 31.4 Å². The van der Waals surface area contributed by atoms with E-state index in [2.05, 4.69) is 29.1 Å². The fourth-order valence-corrected chi connectivity index (χ4v) is 2.44. The largest absolute Gasteiger partial charge is 0.368 e. The lowest BCUT2D eigenvalue weighted by atomic mass is 9.99. The number of hydrogen-bond acceptors (Lipinski definition) is 3. The fraction of sp³-hybridized carbons (Fsp3) is 0.529. The molecule has 0 radical (unpaired) electrons. The van der Waals surface area contributed by atoms with Crippen LogP contribution in [0, 0.1) is 12.8 Å². The summed E-state index contributed by atoms with van der Waals surface area (Å²) in [6.45, 7) is 7.53. The summed E-state index contributed by atoms with van der Waals surface area (Å²) < 4.78 is 0. The van der Waals surface area contributed by atoms with Gasteiger partial charge < -0.3 is 5.32 Å². The van der Waals surface area contributed by atoms with E-state index in [1.54, 1.807) is 0 Å². The van der Waals surface area contributed by atoms with Crippen molar-refractivity contribution in [3.63, 3.8) is 0 Å². The molecule has 0 saturated heterocycles. The molecule has 0 aliphatic heterocycles. The molecule has 1 aromatic carbocycles. The van der Waals surface area contributed by atoms with Crippen LogP contribution in [0.2, 0.25) is 0 Å². The van der Waals surface area contributed by atoms with E-state index in [4.69, 9.17) is 0 Å². The number of unbranched alkanes of at least 4 members (excludes halogenated alkanes) is 1. The van der Waals surface area contributed by atoms with Crippen LogP contribution in [0.3, 0.4) is 0 Å². The fourth-order valence-electron chi connectivity index (χ4n) is 2.44. The zero-order chi connectivity index (χ0) is 14.4. The molecule has 20 heavy (non-hydrogen) atoms. The van der Waals surface area contributed by atoms with Crippen molar-refractivity contribution in [2.24, 2.45) is 5.92 Å². The van der Waals surface area contributed by atoms with Crippen LogP contribution in [0.4, 0.5) is 5.82 Å². The summed E-state index contributed by atoms with van der Waals surface area (Å²) in [4.78, 5) is 9.30. The van der Waals surface area contributed by atoms with E-state index < -0.39 is 0 Å². The lowest BCUT2D eigenvalue weighted by Crippen LogP contribution is -2.15. The summed E-state index contributed by atoms with van der Waals surface area (Å²) in [5.74, 6) is 1.65. The van der Waals surface area contributed by atoms with E-state index in [0.29, 0.717) is 0 Å². The van der Waals surface area contributed by atoms with Gasteiger partial charge in [0, 0.05) is 6.54 Å². The van der Waals surface area contributed by atoms with Gasteiger partial charge in [-0.3, -0.25) is 0 Å². The number of nitrogens with zero attached hydrogens (tertiary/aromatic N) is 2. The molecular formula is C17H25N3. The first-order valence-corrected chi connectivity index (χ1v) is 7.71. The van der Waals surface area contributed by atoms with Gasteiger partial charge in [0.05, 0.1) is 16.7 Å². The van der Waals surface area contributed by atoms with Crippen molar-refractivity contribution in [3.8, 4) is 0 Å². The third-order valence-corrected chi connectivity index (χ3v) is 3.85. The Balaban J connectivity index is 2.07. The van der Waals surface area contributed by atoms with Gasteiger partial charge in [-0.15, -0.1) is 0 Å². The molecule has 1 N–H and O–H groups in total. The lowest BCUT2D eigenvalue weighted by molar-refractivity contribution is 0.472. The highest BCUT2D eigenvalue weighted by molar-refractivity contribution is 5.76. The Kier molecular flexibility index (Phi) is 5.33. The number of aromatic nitrogens is 2. The van der Waals surface area contributed by atoms with Crippen LogP contribution in [0.5, 0.6) is 0 Å². The number of anilines is 1. The molecule has 0 saturated carbocycles. The first-order chi connectivity index (χ1) is 9.74. The lowest BCUT2D eigenvalue weighted by Gasteiger charge is -2.16. The normalized spacial score (nSPS) is 12.6. The summed E-state index contributed by atoms with van der Waals surface area (Å²) >= 11 is 0. The van der Waals surface area contributed by atoms with Crippen molar-refractivity contribution in [2.75, 3.05) is 11.9 Å². The standard InChI is InChI=1S/C17H25N3/c1-4-6-9-14(5-2)12-18-17-13(3)19-15-10-7-8-11-16(15)20-17/h7-8,10-11,14H,4-6,9,12H2,1-3H3,(H,18,20). The minimum atomic E-state index is 0.725. The van der Waals surface area contributed by atoms with Gasteiger partial charge in [-0.1, -0.05) is 45.2 Å². The quantitative estimate of drug-likeness (QED) is 0.801. The maximum absolute atomic E-state index is 4.69. The Morgan fingerprint density at radius 1 is 1.10 bits per heavy atom. The van der Waals surface area contributed by atoms with E-state index in [-0.39, 0.29) is 0 Å². The first-order valence-electron chi connectivity index (χ1n) is 7.71. The minimum Gasteiger partial charge on any atom is -0.368 e. The van der Waals surface area contributed by atoms with Gasteiger partial charge in [-0.2, -0.15) is 0 Å². The number of benzene rings is 1. The number of rotatable bonds is 7. The highest BCUT2D eigenvalue weighted by atomic mass is 15.0. The molecule has 0 amide bonds. The van der Waals surface area contributed by atoms with Gasteiger partial charge >= 0.3 is 0 Å². The SMILES string of the molecule is CCCCC(CC)CNc1nc2ccccc2nc1C. The molecule has 1 atom stereocenters. The third-order valence-electron chi connectivity index (χ3n) is 3.85. The van der Waals surface area contributed by atoms with Crippen LogP contribution in [0.25, 0.3) is 11.0 Å². The minimum absolute atomic E-state index is 0.725. The second-order valence-electron chi connectivity index (χ2n) is 5.44. The molecule has 2 aromatic rings. The predicted molar refractivity (Wildman–Crippen MR) is 86.1 cm³/mol. The molecule has 0 bridgehead atoms. The predicted octanol–water partition coefficient (Wildman–Crippen LogP) is 4.57. The number of para-hydroxylation sites is 2. The van der Waals surface area contributed by atoms with Crippen LogP contribution >= 0.6 is 0 Å². The summed E-state index contributed by atoms with van der Waals surface area (Å²) in [5.41, 5.74) is 2.91. The van der Waals surface area contributed by atoms with Crippen molar-refractivity contribution in [3.05, 3.63) is 30.0 Å². The second kappa shape index (κ2) is 7.22. The van der Waals surface area contributed by atoms with Gasteiger partial charge in [0.15, 0.2) is 0 Å². The monoisotopic (exact) mass is 271 g/mol. The maximum atomic E-state index is 4.69. The third kappa shape index (κ3) is 3.69. The van der Waals surface area contributed by atoms with Crippen molar-refractivity contribution < 1.29 is 0 Å². The average molecular weight is 271 g/mol. The molecule has 2 rings (SSSR count). The molecule has 1 heterocycles. The molecule has 0 aliphatic carbocycles. The van der Waals surface area contributed by atoms with Crippen LogP contribution in [-0.4, -0.2) is 16.5 Å². The molecule has 3 nitrogen and oxygen atoms in total. The van der Waals surface area contributed by atoms with Crippen molar-refractivity contribution in [1.29, 1.82) is 0 Å². The topological polar surface area (TPSA) is 37.8 Å². The van der Waals surface area contributed by atoms with Gasteiger partial charge in [0.1, 0.15) is 5.82 Å². The van der Waals surface area contributed by atoms with E-state index >= 15 is 0 Å². The molecule has 108 valence electrons. The van der Waals surface area contributed by atoms with Crippen molar-refractivity contribution >= 4 is 16.9 Å². The van der Waals surface area contributed by atoms with Gasteiger partial charge in [0.2, 0.25) is 0 Å². The molecule has 0 aliphatic rings. The van der Waals surface area contributed by atoms with Gasteiger partial charge in [-0.25, -0.2) is 9.97 Å². The smallest absolute Gasteiger partial charge is 0.148 e. The number of nitrogens with one attached hydrogen (secondary N) is 1. The second-order valence-corrected chi connectivity index (χ2v) is 5.44. The van der Waals surface area contributed by atoms with E-state index in [0.717, 1.165) is 35.0 Å². The molecule has 3 heteroatoms. The number of aryl methyl sites for hydroxylation is 1. The van der Waals surface area contributed by atoms with Crippen LogP contribution < -0.4 is 5.32 Å². The molecule has 0 fully saturated rings. The zero-order valence-corrected chi connectivity index (χ0v) is 12.8. The number of hydrogen-bond donors (Lipinski definition) is 1. The van der Waals surface area contributed by atoms with Crippen LogP contribution in [0.15, 0.2) is 24.3 Å². The Bertz CT molecular complexity index is 551. The molecule has 1 unspecified atom stereocenters. The van der Waals surface area contributed by atoms with E-state index in [1.165, 1.54) is 25.7 Å². The highest BCUT2D eigenvalue weighted by Gasteiger charge is 2.08. The van der Waals surface area contributed by atoms with Crippen LogP contribution in [0.1, 0.15) is 45.2 Å². The zero-order valence-electron chi connectivity index (χ0n) is 12.8. The van der Waals surface area contributed by atoms with Crippen molar-refractivity contribution in [2.45, 2.75) is 46.5 Å². The van der Waals surface area contributed by atoms with Crippen molar-refractivity contribution in [1.82, 2.24) is 9.97 Å². The Hall–Kier alpha value is -1.64. The summed E-state index contributed by atoms with van der Waals surface area (Å²) in [6.07, 6.45) is 5.08. The summed E-state index contributed by atoms with van der Waals surface area (Å²) in [6, 6.07) is 8.03. The molecule has 1 aromatic heterocycles. The van der Waals surface area contributed by atoms with E-state index in [9.17, 15) is 0 Å². The number of fused-ring (bicyclic) bond motifs is 1. The summed E-state index contributed by atoms with van der Waals surface area (Å²) in [7, 11) is 0. The Labute approximate surface area is 121 Å². The Morgan fingerprint density at radius 2 is 1.80 bits per heavy atom. The van der Waals surface area contributed by atoms with Crippen LogP contribution in [-0.2, 0) is 0 Å².